The number of thiazole rings is 1. The molecule has 0 bridgehead atoms. The van der Waals surface area contributed by atoms with Crippen molar-refractivity contribution in [1.82, 2.24) is 4.98 Å². The fraction of sp³-hybridized carbons (Fsp3) is 0.143. The molecule has 1 heterocycles. The summed E-state index contributed by atoms with van der Waals surface area (Å²) in [5.74, 6) is -0.362. The maximum absolute atomic E-state index is 11.7. The van der Waals surface area contributed by atoms with Crippen LogP contribution in [0.3, 0.4) is 0 Å². The normalized spacial score (nSPS) is 9.77. The molecule has 2 amide bonds. The van der Waals surface area contributed by atoms with Gasteiger partial charge in [-0.1, -0.05) is 0 Å². The van der Waals surface area contributed by atoms with Gasteiger partial charge in [-0.25, -0.2) is 4.98 Å². The van der Waals surface area contributed by atoms with Gasteiger partial charge in [0.25, 0.3) is 5.91 Å². The molecule has 0 radical (unpaired) electrons. The molecule has 0 atom stereocenters. The van der Waals surface area contributed by atoms with Crippen LogP contribution in [0.2, 0.25) is 0 Å². The topological polar surface area (TPSA) is 118 Å². The van der Waals surface area contributed by atoms with Crippen molar-refractivity contribution >= 4 is 28.3 Å². The molecule has 22 heavy (non-hydrogen) atoms. The number of benzene rings is 1. The zero-order chi connectivity index (χ0) is 15.9. The number of nitriles is 1. The lowest BCUT2D eigenvalue weighted by Gasteiger charge is -2.05. The van der Waals surface area contributed by atoms with Crippen LogP contribution in [0.1, 0.15) is 11.3 Å². The van der Waals surface area contributed by atoms with E-state index in [1.165, 1.54) is 11.3 Å². The van der Waals surface area contributed by atoms with Crippen LogP contribution in [0.4, 0.5) is 5.13 Å². The summed E-state index contributed by atoms with van der Waals surface area (Å²) in [7, 11) is 0. The lowest BCUT2D eigenvalue weighted by molar-refractivity contribution is -0.118. The van der Waals surface area contributed by atoms with Crippen LogP contribution in [0, 0.1) is 11.3 Å². The molecular weight excluding hydrogens is 304 g/mol. The van der Waals surface area contributed by atoms with Crippen LogP contribution in [0.5, 0.6) is 5.75 Å². The Balaban J connectivity index is 1.83. The number of nitrogens with two attached hydrogens (primary N) is 1. The Kier molecular flexibility index (Phi) is 5.06. The summed E-state index contributed by atoms with van der Waals surface area (Å²) in [6.45, 7) is -0.184. The summed E-state index contributed by atoms with van der Waals surface area (Å²) in [5.41, 5.74) is 6.10. The molecule has 0 aliphatic carbocycles. The van der Waals surface area contributed by atoms with Gasteiger partial charge in [-0.2, -0.15) is 5.26 Å². The van der Waals surface area contributed by atoms with Gasteiger partial charge in [0.15, 0.2) is 11.7 Å². The van der Waals surface area contributed by atoms with Gasteiger partial charge < -0.3 is 10.5 Å². The summed E-state index contributed by atoms with van der Waals surface area (Å²) in [6, 6.07) is 8.42. The van der Waals surface area contributed by atoms with Crippen molar-refractivity contribution in [1.29, 1.82) is 5.26 Å². The molecule has 0 unspecified atom stereocenters. The number of primary amides is 1. The van der Waals surface area contributed by atoms with Crippen LogP contribution >= 0.6 is 11.3 Å². The number of nitrogens with zero attached hydrogens (tertiary/aromatic N) is 2. The van der Waals surface area contributed by atoms with Gasteiger partial charge in [0.05, 0.1) is 23.7 Å². The Bertz CT molecular complexity index is 718. The second kappa shape index (κ2) is 7.19. The minimum Gasteiger partial charge on any atom is -0.484 e. The van der Waals surface area contributed by atoms with Crippen molar-refractivity contribution in [3.8, 4) is 11.8 Å². The van der Waals surface area contributed by atoms with Crippen LogP contribution in [0.25, 0.3) is 0 Å². The third-order valence-electron chi connectivity index (χ3n) is 2.51. The Morgan fingerprint density at radius 1 is 1.36 bits per heavy atom. The van der Waals surface area contributed by atoms with Gasteiger partial charge in [-0.3, -0.25) is 14.9 Å². The zero-order valence-electron chi connectivity index (χ0n) is 11.4. The highest BCUT2D eigenvalue weighted by Gasteiger charge is 2.09. The second-order valence-electron chi connectivity index (χ2n) is 4.26. The Morgan fingerprint density at radius 2 is 2.09 bits per heavy atom. The van der Waals surface area contributed by atoms with Crippen molar-refractivity contribution in [2.45, 2.75) is 6.42 Å². The molecule has 0 fully saturated rings. The molecule has 3 N–H and O–H groups in total. The molecule has 0 saturated heterocycles. The first-order valence-corrected chi connectivity index (χ1v) is 7.10. The number of ether oxygens (including phenoxy) is 1. The predicted octanol–water partition coefficient (Wildman–Crippen LogP) is 1.06. The third-order valence-corrected chi connectivity index (χ3v) is 3.31. The average Bonchev–Trinajstić information content (AvgIpc) is 2.92. The van der Waals surface area contributed by atoms with Crippen LogP contribution < -0.4 is 15.8 Å². The van der Waals surface area contributed by atoms with E-state index in [4.69, 9.17) is 15.7 Å². The van der Waals surface area contributed by atoms with Gasteiger partial charge in [0.2, 0.25) is 5.91 Å². The first-order chi connectivity index (χ1) is 10.6. The number of anilines is 1. The number of carbonyl (C=O) groups is 2. The number of hydrogen-bond donors (Lipinski definition) is 2. The second-order valence-corrected chi connectivity index (χ2v) is 5.12. The third kappa shape index (κ3) is 4.57. The molecule has 0 spiro atoms. The Morgan fingerprint density at radius 3 is 2.73 bits per heavy atom. The van der Waals surface area contributed by atoms with Crippen molar-refractivity contribution in [3.63, 3.8) is 0 Å². The van der Waals surface area contributed by atoms with E-state index >= 15 is 0 Å². The summed E-state index contributed by atoms with van der Waals surface area (Å²) in [5, 5.41) is 13.3. The van der Waals surface area contributed by atoms with E-state index in [0.717, 1.165) is 0 Å². The van der Waals surface area contributed by atoms with Crippen molar-refractivity contribution in [2.75, 3.05) is 11.9 Å². The number of amides is 2. The highest BCUT2D eigenvalue weighted by molar-refractivity contribution is 7.13. The minimum absolute atomic E-state index is 0.0358. The van der Waals surface area contributed by atoms with Gasteiger partial charge in [0.1, 0.15) is 5.75 Å². The fourth-order valence-electron chi connectivity index (χ4n) is 1.55. The maximum atomic E-state index is 11.7. The summed E-state index contributed by atoms with van der Waals surface area (Å²) < 4.78 is 5.29. The number of carbonyl (C=O) groups excluding carboxylic acids is 2. The van der Waals surface area contributed by atoms with Crippen molar-refractivity contribution < 1.29 is 14.3 Å². The molecule has 8 heteroatoms. The molecular formula is C14H12N4O3S. The van der Waals surface area contributed by atoms with Gasteiger partial charge in [-0.15, -0.1) is 11.3 Å². The lowest BCUT2D eigenvalue weighted by Crippen LogP contribution is -2.20. The summed E-state index contributed by atoms with van der Waals surface area (Å²) >= 11 is 1.20. The van der Waals surface area contributed by atoms with Crippen LogP contribution in [-0.4, -0.2) is 23.4 Å². The molecule has 112 valence electrons. The maximum Gasteiger partial charge on any atom is 0.264 e. The van der Waals surface area contributed by atoms with Gasteiger partial charge in [0, 0.05) is 5.38 Å². The molecule has 1 aromatic carbocycles. The van der Waals surface area contributed by atoms with Crippen LogP contribution in [-0.2, 0) is 16.0 Å². The SMILES string of the molecule is N#Cc1ccc(OCC(=O)Nc2nc(CC(N)=O)cs2)cc1. The van der Waals surface area contributed by atoms with E-state index in [2.05, 4.69) is 10.3 Å². The lowest BCUT2D eigenvalue weighted by atomic mass is 10.2. The highest BCUT2D eigenvalue weighted by Crippen LogP contribution is 2.16. The molecule has 0 aliphatic rings. The number of hydrogen-bond acceptors (Lipinski definition) is 6. The molecule has 0 saturated carbocycles. The molecule has 7 nitrogen and oxygen atoms in total. The first kappa shape index (κ1) is 15.5. The highest BCUT2D eigenvalue weighted by atomic mass is 32.1. The number of rotatable bonds is 6. The molecule has 2 aromatic rings. The van der Waals surface area contributed by atoms with E-state index < -0.39 is 5.91 Å². The van der Waals surface area contributed by atoms with E-state index in [1.54, 1.807) is 29.6 Å². The predicted molar refractivity (Wildman–Crippen MR) is 80.3 cm³/mol. The Labute approximate surface area is 130 Å². The summed E-state index contributed by atoms with van der Waals surface area (Å²) in [6.07, 6.45) is 0.0358. The summed E-state index contributed by atoms with van der Waals surface area (Å²) in [4.78, 5) is 26.6. The van der Waals surface area contributed by atoms with Gasteiger partial charge >= 0.3 is 0 Å². The Hall–Kier alpha value is -2.92. The number of aromatic nitrogens is 1. The van der Waals surface area contributed by atoms with E-state index in [-0.39, 0.29) is 18.9 Å². The first-order valence-electron chi connectivity index (χ1n) is 6.22. The number of nitrogens with one attached hydrogen (secondary N) is 1. The van der Waals surface area contributed by atoms with E-state index in [9.17, 15) is 9.59 Å². The largest absolute Gasteiger partial charge is 0.484 e. The van der Waals surface area contributed by atoms with Crippen LogP contribution in [0.15, 0.2) is 29.6 Å². The fourth-order valence-corrected chi connectivity index (χ4v) is 2.28. The molecule has 1 aromatic heterocycles. The van der Waals surface area contributed by atoms with Crippen molar-refractivity contribution in [3.05, 3.63) is 40.9 Å². The molecule has 2 rings (SSSR count). The smallest absolute Gasteiger partial charge is 0.264 e. The standard InChI is InChI=1S/C14H12N4O3S/c15-6-9-1-3-11(4-2-9)21-7-13(20)18-14-17-10(8-22-14)5-12(16)19/h1-4,8H,5,7H2,(H2,16,19)(H,17,18,20). The van der Waals surface area contributed by atoms with E-state index in [0.29, 0.717) is 22.1 Å². The van der Waals surface area contributed by atoms with Gasteiger partial charge in [-0.05, 0) is 24.3 Å². The minimum atomic E-state index is -0.479. The molecule has 0 aliphatic heterocycles. The average molecular weight is 316 g/mol. The monoisotopic (exact) mass is 316 g/mol. The quantitative estimate of drug-likeness (QED) is 0.826. The van der Waals surface area contributed by atoms with Crippen molar-refractivity contribution in [2.24, 2.45) is 5.73 Å². The zero-order valence-corrected chi connectivity index (χ0v) is 12.2. The van der Waals surface area contributed by atoms with E-state index in [1.807, 2.05) is 6.07 Å².